The summed E-state index contributed by atoms with van der Waals surface area (Å²) in [6.45, 7) is 5.48. The fraction of sp³-hybridized carbons (Fsp3) is 0.357. The lowest BCUT2D eigenvalue weighted by Gasteiger charge is -2.42. The highest BCUT2D eigenvalue weighted by atomic mass is 32.1. The molecule has 0 spiro atoms. The zero-order chi connectivity index (χ0) is 26.2. The SMILES string of the molecule is COc1ccccc1CNC(=O)C(=O)N[C@H](C)[C@H](c1cccs1)N1CCN(c2ccccc2OC)CC1. The Hall–Kier alpha value is -3.56. The average Bonchev–Trinajstić information content (AvgIpc) is 3.46. The quantitative estimate of drug-likeness (QED) is 0.419. The molecule has 1 fully saturated rings. The van der Waals surface area contributed by atoms with Gasteiger partial charge in [-0.15, -0.1) is 11.3 Å². The molecule has 8 nitrogen and oxygen atoms in total. The maximum Gasteiger partial charge on any atom is 0.309 e. The summed E-state index contributed by atoms with van der Waals surface area (Å²) >= 11 is 1.66. The minimum absolute atomic E-state index is 0.0363. The van der Waals surface area contributed by atoms with E-state index in [1.54, 1.807) is 25.6 Å². The number of nitrogens with one attached hydrogen (secondary N) is 2. The summed E-state index contributed by atoms with van der Waals surface area (Å²) in [7, 11) is 3.27. The Morgan fingerprint density at radius 2 is 1.57 bits per heavy atom. The topological polar surface area (TPSA) is 83.1 Å². The van der Waals surface area contributed by atoms with Crippen LogP contribution in [0.4, 0.5) is 5.69 Å². The molecule has 1 aromatic heterocycles. The van der Waals surface area contributed by atoms with Crippen molar-refractivity contribution < 1.29 is 19.1 Å². The van der Waals surface area contributed by atoms with Gasteiger partial charge in [0.2, 0.25) is 0 Å². The highest BCUT2D eigenvalue weighted by Gasteiger charge is 2.32. The van der Waals surface area contributed by atoms with Crippen LogP contribution in [0.15, 0.2) is 66.0 Å². The van der Waals surface area contributed by atoms with Gasteiger partial charge in [0.05, 0.1) is 25.9 Å². The van der Waals surface area contributed by atoms with Gasteiger partial charge in [-0.25, -0.2) is 0 Å². The smallest absolute Gasteiger partial charge is 0.309 e. The molecule has 0 saturated carbocycles. The van der Waals surface area contributed by atoms with Crippen LogP contribution in [0.25, 0.3) is 0 Å². The molecule has 0 bridgehead atoms. The molecule has 1 aliphatic heterocycles. The number of thiophene rings is 1. The summed E-state index contributed by atoms with van der Waals surface area (Å²) in [6.07, 6.45) is 0. The number of carbonyl (C=O) groups is 2. The molecule has 9 heteroatoms. The second-order valence-corrected chi connectivity index (χ2v) is 9.89. The monoisotopic (exact) mass is 522 g/mol. The normalized spacial score (nSPS) is 15.5. The van der Waals surface area contributed by atoms with Crippen molar-refractivity contribution in [1.29, 1.82) is 0 Å². The number of para-hydroxylation sites is 3. The van der Waals surface area contributed by atoms with Gasteiger partial charge in [0, 0.05) is 49.2 Å². The second kappa shape index (κ2) is 12.6. The van der Waals surface area contributed by atoms with Crippen LogP contribution in [0, 0.1) is 0 Å². The van der Waals surface area contributed by atoms with Crippen molar-refractivity contribution in [3.05, 3.63) is 76.5 Å². The molecule has 1 saturated heterocycles. The van der Waals surface area contributed by atoms with E-state index in [2.05, 4.69) is 32.6 Å². The van der Waals surface area contributed by atoms with Crippen molar-refractivity contribution in [2.45, 2.75) is 25.6 Å². The Morgan fingerprint density at radius 3 is 2.24 bits per heavy atom. The molecule has 3 aromatic rings. The minimum atomic E-state index is -0.663. The number of nitrogens with zero attached hydrogens (tertiary/aromatic N) is 2. The lowest BCUT2D eigenvalue weighted by Crippen LogP contribution is -2.53. The van der Waals surface area contributed by atoms with Crippen LogP contribution in [-0.4, -0.2) is 63.2 Å². The molecule has 196 valence electrons. The van der Waals surface area contributed by atoms with Gasteiger partial charge in [0.1, 0.15) is 11.5 Å². The molecule has 2 heterocycles. The Bertz CT molecular complexity index is 1180. The fourth-order valence-corrected chi connectivity index (χ4v) is 5.75. The largest absolute Gasteiger partial charge is 0.496 e. The van der Waals surface area contributed by atoms with Gasteiger partial charge >= 0.3 is 11.8 Å². The van der Waals surface area contributed by atoms with E-state index >= 15 is 0 Å². The third-order valence-corrected chi connectivity index (χ3v) is 7.58. The van der Waals surface area contributed by atoms with Gasteiger partial charge in [-0.1, -0.05) is 36.4 Å². The number of methoxy groups -OCH3 is 2. The zero-order valence-electron chi connectivity index (χ0n) is 21.5. The van der Waals surface area contributed by atoms with Gasteiger partial charge < -0.3 is 25.0 Å². The molecular weight excluding hydrogens is 488 g/mol. The third-order valence-electron chi connectivity index (χ3n) is 6.64. The van der Waals surface area contributed by atoms with Gasteiger partial charge in [-0.2, -0.15) is 0 Å². The van der Waals surface area contributed by atoms with Crippen LogP contribution in [0.5, 0.6) is 11.5 Å². The number of carbonyl (C=O) groups excluding carboxylic acids is 2. The lowest BCUT2D eigenvalue weighted by molar-refractivity contribution is -0.140. The predicted octanol–water partition coefficient (Wildman–Crippen LogP) is 3.45. The van der Waals surface area contributed by atoms with Gasteiger partial charge in [-0.05, 0) is 36.6 Å². The standard InChI is InChI=1S/C28H34N4O4S/c1-20(30-28(34)27(33)29-19-21-9-4-6-11-23(21)35-2)26(25-13-8-18-37-25)32-16-14-31(15-17-32)22-10-5-7-12-24(22)36-3/h4-13,18,20,26H,14-17,19H2,1-3H3,(H,29,33)(H,30,34)/t20-,26-/m1/s1. The molecule has 37 heavy (non-hydrogen) atoms. The van der Waals surface area contributed by atoms with Crippen molar-refractivity contribution in [2.24, 2.45) is 0 Å². The summed E-state index contributed by atoms with van der Waals surface area (Å²) in [5.41, 5.74) is 1.90. The van der Waals surface area contributed by atoms with Gasteiger partial charge in [0.15, 0.2) is 0 Å². The molecular formula is C28H34N4O4S. The van der Waals surface area contributed by atoms with Crippen LogP contribution in [0.3, 0.4) is 0 Å². The van der Waals surface area contributed by atoms with Crippen molar-refractivity contribution in [2.75, 3.05) is 45.3 Å². The third kappa shape index (κ3) is 6.42. The van der Waals surface area contributed by atoms with Gasteiger partial charge in [0.25, 0.3) is 0 Å². The van der Waals surface area contributed by atoms with E-state index in [0.29, 0.717) is 5.75 Å². The van der Waals surface area contributed by atoms with E-state index in [0.717, 1.165) is 48.1 Å². The Morgan fingerprint density at radius 1 is 0.892 bits per heavy atom. The zero-order valence-corrected chi connectivity index (χ0v) is 22.3. The molecule has 4 rings (SSSR count). The summed E-state index contributed by atoms with van der Waals surface area (Å²) in [6, 6.07) is 19.3. The van der Waals surface area contributed by atoms with E-state index in [4.69, 9.17) is 9.47 Å². The van der Waals surface area contributed by atoms with Crippen molar-refractivity contribution in [3.63, 3.8) is 0 Å². The molecule has 0 aliphatic carbocycles. The van der Waals surface area contributed by atoms with Gasteiger partial charge in [-0.3, -0.25) is 14.5 Å². The Kier molecular flexibility index (Phi) is 9.03. The summed E-state index contributed by atoms with van der Waals surface area (Å²) in [4.78, 5) is 31.3. The van der Waals surface area contributed by atoms with E-state index in [-0.39, 0.29) is 18.6 Å². The number of hydrogen-bond acceptors (Lipinski definition) is 7. The first kappa shape index (κ1) is 26.5. The van der Waals surface area contributed by atoms with E-state index in [1.165, 1.54) is 0 Å². The van der Waals surface area contributed by atoms with Crippen LogP contribution in [0.1, 0.15) is 23.4 Å². The number of piperazine rings is 1. The Labute approximate surface area is 222 Å². The van der Waals surface area contributed by atoms with Crippen molar-refractivity contribution >= 4 is 28.8 Å². The maximum absolute atomic E-state index is 12.8. The highest BCUT2D eigenvalue weighted by Crippen LogP contribution is 2.32. The number of amides is 2. The fourth-order valence-electron chi connectivity index (χ4n) is 4.79. The number of ether oxygens (including phenoxy) is 2. The number of rotatable bonds is 9. The first-order chi connectivity index (χ1) is 18.0. The maximum atomic E-state index is 12.8. The number of hydrogen-bond donors (Lipinski definition) is 2. The Balaban J connectivity index is 1.38. The molecule has 0 unspecified atom stereocenters. The molecule has 2 N–H and O–H groups in total. The van der Waals surface area contributed by atoms with Crippen LogP contribution in [-0.2, 0) is 16.1 Å². The number of anilines is 1. The average molecular weight is 523 g/mol. The minimum Gasteiger partial charge on any atom is -0.496 e. The van der Waals surface area contributed by atoms with Crippen molar-refractivity contribution in [1.82, 2.24) is 15.5 Å². The number of benzene rings is 2. The molecule has 2 amide bonds. The van der Waals surface area contributed by atoms with Crippen LogP contribution in [0.2, 0.25) is 0 Å². The van der Waals surface area contributed by atoms with E-state index in [9.17, 15) is 9.59 Å². The van der Waals surface area contributed by atoms with E-state index < -0.39 is 11.8 Å². The second-order valence-electron chi connectivity index (χ2n) is 8.91. The van der Waals surface area contributed by atoms with E-state index in [1.807, 2.05) is 60.8 Å². The summed E-state index contributed by atoms with van der Waals surface area (Å²) < 4.78 is 10.9. The predicted molar refractivity (Wildman–Crippen MR) is 146 cm³/mol. The molecule has 2 aromatic carbocycles. The molecule has 2 atom stereocenters. The molecule has 1 aliphatic rings. The first-order valence-corrected chi connectivity index (χ1v) is 13.3. The first-order valence-electron chi connectivity index (χ1n) is 12.4. The highest BCUT2D eigenvalue weighted by molar-refractivity contribution is 7.10. The summed E-state index contributed by atoms with van der Waals surface area (Å²) in [5, 5.41) is 7.69. The summed E-state index contributed by atoms with van der Waals surface area (Å²) in [5.74, 6) is 0.229. The van der Waals surface area contributed by atoms with Crippen LogP contribution < -0.4 is 25.0 Å². The lowest BCUT2D eigenvalue weighted by atomic mass is 10.0. The van der Waals surface area contributed by atoms with Crippen LogP contribution >= 0.6 is 11.3 Å². The molecule has 0 radical (unpaired) electrons. The van der Waals surface area contributed by atoms with Crippen molar-refractivity contribution in [3.8, 4) is 11.5 Å².